The molecule has 0 aliphatic heterocycles. The lowest BCUT2D eigenvalue weighted by Crippen LogP contribution is -2.11. The molecule has 0 amide bonds. The van der Waals surface area contributed by atoms with Gasteiger partial charge >= 0.3 is 5.97 Å². The van der Waals surface area contributed by atoms with Crippen LogP contribution in [-0.4, -0.2) is 22.4 Å². The minimum Gasteiger partial charge on any atom is -0.494 e. The second-order valence-corrected chi connectivity index (χ2v) is 6.33. The fourth-order valence-electron chi connectivity index (χ4n) is 2.60. The minimum atomic E-state index is -0.494. The van der Waals surface area contributed by atoms with Crippen LogP contribution in [0.15, 0.2) is 54.6 Å². The lowest BCUT2D eigenvalue weighted by Gasteiger charge is -2.09. The highest BCUT2D eigenvalue weighted by molar-refractivity contribution is 5.91. The van der Waals surface area contributed by atoms with Gasteiger partial charge < -0.3 is 9.47 Å². The summed E-state index contributed by atoms with van der Waals surface area (Å²) in [6.45, 7) is 4.71. The summed E-state index contributed by atoms with van der Waals surface area (Å²) in [6.07, 6.45) is 2.73. The zero-order chi connectivity index (χ0) is 19.9. The number of aromatic nitrogens is 2. The van der Waals surface area contributed by atoms with E-state index < -0.39 is 5.97 Å². The molecule has 0 aliphatic rings. The number of carbonyl (C=O) groups is 1. The van der Waals surface area contributed by atoms with E-state index in [1.807, 2.05) is 6.92 Å². The Labute approximate surface area is 163 Å². The fraction of sp³-hybridized carbons (Fsp3) is 0.273. The van der Waals surface area contributed by atoms with Gasteiger partial charge in [-0.2, -0.15) is 5.10 Å². The van der Waals surface area contributed by atoms with E-state index in [0.29, 0.717) is 24.3 Å². The number of benzene rings is 2. The number of esters is 1. The third-order valence-corrected chi connectivity index (χ3v) is 4.21. The van der Waals surface area contributed by atoms with Gasteiger partial charge in [0.25, 0.3) is 0 Å². The van der Waals surface area contributed by atoms with E-state index >= 15 is 0 Å². The zero-order valence-electron chi connectivity index (χ0n) is 16.0. The molecule has 146 valence electrons. The molecule has 1 aromatic heterocycles. The van der Waals surface area contributed by atoms with Gasteiger partial charge in [0, 0.05) is 6.07 Å². The van der Waals surface area contributed by atoms with Gasteiger partial charge in [0.2, 0.25) is 5.88 Å². The first-order valence-corrected chi connectivity index (χ1v) is 9.40. The number of carbonyl (C=O) groups excluding carboxylic acids is 1. The second-order valence-electron chi connectivity index (χ2n) is 6.33. The number of hydrogen-bond acceptors (Lipinski definition) is 4. The van der Waals surface area contributed by atoms with Gasteiger partial charge in [-0.25, -0.2) is 13.9 Å². The molecular weight excluding hydrogens is 359 g/mol. The Morgan fingerprint density at radius 2 is 1.79 bits per heavy atom. The summed E-state index contributed by atoms with van der Waals surface area (Å²) in [5.41, 5.74) is 1.79. The number of halogens is 1. The molecule has 0 saturated heterocycles. The molecule has 3 rings (SSSR count). The van der Waals surface area contributed by atoms with Crippen LogP contribution in [0.25, 0.3) is 5.69 Å². The highest BCUT2D eigenvalue weighted by Gasteiger charge is 2.16. The number of nitrogens with zero attached hydrogens (tertiary/aromatic N) is 2. The summed E-state index contributed by atoms with van der Waals surface area (Å²) in [4.78, 5) is 12.6. The average Bonchev–Trinajstić information content (AvgIpc) is 3.12. The molecule has 2 aromatic carbocycles. The predicted molar refractivity (Wildman–Crippen MR) is 105 cm³/mol. The van der Waals surface area contributed by atoms with Crippen LogP contribution in [0.2, 0.25) is 0 Å². The van der Waals surface area contributed by atoms with Crippen LogP contribution in [0.4, 0.5) is 4.39 Å². The van der Waals surface area contributed by atoms with Crippen LogP contribution in [0, 0.1) is 5.82 Å². The molecule has 1 heterocycles. The first-order chi connectivity index (χ1) is 13.6. The standard InChI is InChI=1S/C22H23FN2O3/c1-3-5-14-27-20-12-6-16(7-13-20)22(26)28-21-15-18(4-2)24-25(21)19-10-8-17(23)9-11-19/h6-13,15H,3-5,14H2,1-2H3. The smallest absolute Gasteiger partial charge is 0.344 e. The molecule has 0 radical (unpaired) electrons. The van der Waals surface area contributed by atoms with E-state index in [-0.39, 0.29) is 11.7 Å². The van der Waals surface area contributed by atoms with Crippen molar-refractivity contribution in [2.24, 2.45) is 0 Å². The molecule has 0 atom stereocenters. The molecule has 28 heavy (non-hydrogen) atoms. The molecular formula is C22H23FN2O3. The van der Waals surface area contributed by atoms with E-state index in [1.165, 1.54) is 16.8 Å². The van der Waals surface area contributed by atoms with Crippen molar-refractivity contribution >= 4 is 5.97 Å². The Morgan fingerprint density at radius 3 is 2.43 bits per heavy atom. The monoisotopic (exact) mass is 382 g/mol. The maximum atomic E-state index is 13.2. The predicted octanol–water partition coefficient (Wildman–Crippen LogP) is 4.97. The van der Waals surface area contributed by atoms with Crippen LogP contribution < -0.4 is 9.47 Å². The summed E-state index contributed by atoms with van der Waals surface area (Å²) in [5.74, 6) is 0.170. The Hall–Kier alpha value is -3.15. The molecule has 0 fully saturated rings. The largest absolute Gasteiger partial charge is 0.494 e. The Morgan fingerprint density at radius 1 is 1.07 bits per heavy atom. The first-order valence-electron chi connectivity index (χ1n) is 9.40. The van der Waals surface area contributed by atoms with Crippen molar-refractivity contribution in [3.05, 3.63) is 71.7 Å². The van der Waals surface area contributed by atoms with E-state index in [2.05, 4.69) is 12.0 Å². The van der Waals surface area contributed by atoms with Crippen molar-refractivity contribution in [3.8, 4) is 17.3 Å². The Bertz CT molecular complexity index is 918. The summed E-state index contributed by atoms with van der Waals surface area (Å²) in [5, 5.41) is 4.43. The maximum Gasteiger partial charge on any atom is 0.344 e. The highest BCUT2D eigenvalue weighted by Crippen LogP contribution is 2.22. The van der Waals surface area contributed by atoms with Crippen molar-refractivity contribution < 1.29 is 18.7 Å². The quantitative estimate of drug-likeness (QED) is 0.408. The molecule has 6 heteroatoms. The van der Waals surface area contributed by atoms with E-state index in [1.54, 1.807) is 42.5 Å². The summed E-state index contributed by atoms with van der Waals surface area (Å²) >= 11 is 0. The van der Waals surface area contributed by atoms with Gasteiger partial charge in [0.15, 0.2) is 0 Å². The number of rotatable bonds is 8. The number of aryl methyl sites for hydroxylation is 1. The average molecular weight is 382 g/mol. The van der Waals surface area contributed by atoms with Gasteiger partial charge in [-0.3, -0.25) is 0 Å². The van der Waals surface area contributed by atoms with Crippen molar-refractivity contribution in [2.45, 2.75) is 33.1 Å². The lowest BCUT2D eigenvalue weighted by molar-refractivity contribution is 0.0723. The topological polar surface area (TPSA) is 53.4 Å². The summed E-state index contributed by atoms with van der Waals surface area (Å²) in [6, 6.07) is 14.4. The van der Waals surface area contributed by atoms with Crippen LogP contribution in [0.5, 0.6) is 11.6 Å². The molecule has 5 nitrogen and oxygen atoms in total. The van der Waals surface area contributed by atoms with Crippen molar-refractivity contribution in [1.82, 2.24) is 9.78 Å². The Balaban J connectivity index is 1.76. The van der Waals surface area contributed by atoms with Crippen molar-refractivity contribution in [1.29, 1.82) is 0 Å². The van der Waals surface area contributed by atoms with Gasteiger partial charge in [0.1, 0.15) is 11.6 Å². The number of ether oxygens (including phenoxy) is 2. The maximum absolute atomic E-state index is 13.2. The van der Waals surface area contributed by atoms with Crippen LogP contribution >= 0.6 is 0 Å². The van der Waals surface area contributed by atoms with Gasteiger partial charge in [-0.1, -0.05) is 20.3 Å². The van der Waals surface area contributed by atoms with Crippen molar-refractivity contribution in [3.63, 3.8) is 0 Å². The fourth-order valence-corrected chi connectivity index (χ4v) is 2.60. The van der Waals surface area contributed by atoms with Gasteiger partial charge in [-0.15, -0.1) is 0 Å². The molecule has 0 spiro atoms. The second kappa shape index (κ2) is 9.17. The van der Waals surface area contributed by atoms with E-state index in [9.17, 15) is 9.18 Å². The van der Waals surface area contributed by atoms with Crippen LogP contribution in [-0.2, 0) is 6.42 Å². The normalized spacial score (nSPS) is 10.7. The molecule has 0 N–H and O–H groups in total. The van der Waals surface area contributed by atoms with Crippen LogP contribution in [0.1, 0.15) is 42.7 Å². The number of unbranched alkanes of at least 4 members (excludes halogenated alkanes) is 1. The first kappa shape index (κ1) is 19.6. The summed E-state index contributed by atoms with van der Waals surface area (Å²) < 4.78 is 25.9. The molecule has 3 aromatic rings. The highest BCUT2D eigenvalue weighted by atomic mass is 19.1. The van der Waals surface area contributed by atoms with Gasteiger partial charge in [0.05, 0.1) is 23.6 Å². The minimum absolute atomic E-state index is 0.289. The van der Waals surface area contributed by atoms with E-state index in [4.69, 9.17) is 9.47 Å². The Kier molecular flexibility index (Phi) is 6.42. The van der Waals surface area contributed by atoms with E-state index in [0.717, 1.165) is 24.3 Å². The lowest BCUT2D eigenvalue weighted by atomic mass is 10.2. The molecule has 0 aliphatic carbocycles. The van der Waals surface area contributed by atoms with Gasteiger partial charge in [-0.05, 0) is 61.4 Å². The third kappa shape index (κ3) is 4.76. The summed E-state index contributed by atoms with van der Waals surface area (Å²) in [7, 11) is 0. The SMILES string of the molecule is CCCCOc1ccc(C(=O)Oc2cc(CC)nn2-c2ccc(F)cc2)cc1. The molecule has 0 unspecified atom stereocenters. The van der Waals surface area contributed by atoms with Crippen molar-refractivity contribution in [2.75, 3.05) is 6.61 Å². The molecule has 0 bridgehead atoms. The molecule has 0 saturated carbocycles. The zero-order valence-corrected chi connectivity index (χ0v) is 16.0. The number of hydrogen-bond donors (Lipinski definition) is 0. The third-order valence-electron chi connectivity index (χ3n) is 4.21. The van der Waals surface area contributed by atoms with Crippen LogP contribution in [0.3, 0.4) is 0 Å².